The molecule has 1 fully saturated rings. The zero-order chi connectivity index (χ0) is 13.9. The van der Waals surface area contributed by atoms with Gasteiger partial charge in [-0.2, -0.15) is 0 Å². The van der Waals surface area contributed by atoms with Crippen molar-refractivity contribution in [1.82, 2.24) is 10.2 Å². The van der Waals surface area contributed by atoms with Gasteiger partial charge < -0.3 is 5.32 Å². The molecule has 2 nitrogen and oxygen atoms in total. The number of nitrogens with one attached hydrogen (secondary N) is 1. The summed E-state index contributed by atoms with van der Waals surface area (Å²) in [5, 5.41) is 5.86. The molecule has 0 bridgehead atoms. The number of piperazine rings is 1. The first-order valence-electron chi connectivity index (χ1n) is 6.69. The van der Waals surface area contributed by atoms with Gasteiger partial charge in [-0.05, 0) is 23.6 Å². The molecule has 0 saturated carbocycles. The highest BCUT2D eigenvalue weighted by atomic mass is 35.5. The molecule has 1 aromatic heterocycles. The normalized spacial score (nSPS) is 16.5. The van der Waals surface area contributed by atoms with E-state index in [1.165, 1.54) is 6.07 Å². The van der Waals surface area contributed by atoms with Crippen molar-refractivity contribution in [3.8, 4) is 0 Å². The van der Waals surface area contributed by atoms with Crippen LogP contribution in [0.25, 0.3) is 0 Å². The molecule has 0 spiro atoms. The van der Waals surface area contributed by atoms with Crippen LogP contribution in [-0.4, -0.2) is 31.1 Å². The van der Waals surface area contributed by atoms with Crippen molar-refractivity contribution in [3.63, 3.8) is 0 Å². The molecule has 0 aliphatic carbocycles. The molecule has 1 N–H and O–H groups in total. The summed E-state index contributed by atoms with van der Waals surface area (Å²) in [6.07, 6.45) is 0. The van der Waals surface area contributed by atoms with E-state index >= 15 is 0 Å². The van der Waals surface area contributed by atoms with Crippen molar-refractivity contribution in [2.75, 3.05) is 26.2 Å². The van der Waals surface area contributed by atoms with Crippen molar-refractivity contribution in [1.29, 1.82) is 0 Å². The summed E-state index contributed by atoms with van der Waals surface area (Å²) in [5.41, 5.74) is 0.596. The van der Waals surface area contributed by atoms with E-state index in [0.717, 1.165) is 31.1 Å². The molecule has 1 aliphatic rings. The summed E-state index contributed by atoms with van der Waals surface area (Å²) in [7, 11) is 0. The Morgan fingerprint density at radius 1 is 1.14 bits per heavy atom. The van der Waals surface area contributed by atoms with Crippen LogP contribution < -0.4 is 5.32 Å². The van der Waals surface area contributed by atoms with Crippen molar-refractivity contribution in [2.45, 2.75) is 6.04 Å². The topological polar surface area (TPSA) is 15.3 Å². The third kappa shape index (κ3) is 4.13. The van der Waals surface area contributed by atoms with Crippen LogP contribution >= 0.6 is 47.8 Å². The van der Waals surface area contributed by atoms with Gasteiger partial charge in [0.25, 0.3) is 0 Å². The van der Waals surface area contributed by atoms with Crippen LogP contribution in [0.2, 0.25) is 5.02 Å². The second-order valence-corrected chi connectivity index (χ2v) is 6.23. The lowest BCUT2D eigenvalue weighted by molar-refractivity contribution is 0.197. The molecule has 0 unspecified atom stereocenters. The van der Waals surface area contributed by atoms with Crippen molar-refractivity contribution in [3.05, 3.63) is 57.0 Å². The van der Waals surface area contributed by atoms with Crippen molar-refractivity contribution in [2.24, 2.45) is 0 Å². The Morgan fingerprint density at radius 3 is 2.45 bits per heavy atom. The van der Waals surface area contributed by atoms with Crippen LogP contribution in [0.15, 0.2) is 35.7 Å². The van der Waals surface area contributed by atoms with Gasteiger partial charge in [0, 0.05) is 41.6 Å². The molecule has 2 heterocycles. The first kappa shape index (κ1) is 19.7. The fourth-order valence-corrected chi connectivity index (χ4v) is 3.80. The zero-order valence-electron chi connectivity index (χ0n) is 11.8. The van der Waals surface area contributed by atoms with E-state index in [2.05, 4.69) is 16.3 Å². The fourth-order valence-electron chi connectivity index (χ4n) is 2.66. The number of nitrogens with zero attached hydrogens (tertiary/aromatic N) is 1. The van der Waals surface area contributed by atoms with E-state index in [1.54, 1.807) is 23.5 Å². The molecule has 1 saturated heterocycles. The molecule has 1 aromatic carbocycles. The maximum Gasteiger partial charge on any atom is 0.129 e. The van der Waals surface area contributed by atoms with Gasteiger partial charge >= 0.3 is 0 Å². The summed E-state index contributed by atoms with van der Waals surface area (Å²) in [6.45, 7) is 3.64. The Bertz CT molecular complexity index is 554. The molecule has 3 rings (SSSR count). The summed E-state index contributed by atoms with van der Waals surface area (Å²) in [6, 6.07) is 8.88. The van der Waals surface area contributed by atoms with E-state index in [-0.39, 0.29) is 36.7 Å². The Balaban J connectivity index is 0.00000121. The predicted octanol–water partition coefficient (Wildman–Crippen LogP) is 4.38. The first-order valence-corrected chi connectivity index (χ1v) is 7.95. The molecule has 22 heavy (non-hydrogen) atoms. The van der Waals surface area contributed by atoms with E-state index in [0.29, 0.717) is 10.6 Å². The largest absolute Gasteiger partial charge is 0.314 e. The molecule has 7 heteroatoms. The second-order valence-electron chi connectivity index (χ2n) is 4.84. The van der Waals surface area contributed by atoms with E-state index in [1.807, 2.05) is 11.4 Å². The van der Waals surface area contributed by atoms with Gasteiger partial charge in [-0.15, -0.1) is 36.2 Å². The minimum absolute atomic E-state index is 0. The van der Waals surface area contributed by atoms with Gasteiger partial charge in [0.15, 0.2) is 0 Å². The second kappa shape index (κ2) is 9.06. The third-order valence-corrected chi connectivity index (χ3v) is 4.86. The maximum atomic E-state index is 14.3. The van der Waals surface area contributed by atoms with Crippen molar-refractivity contribution >= 4 is 47.8 Å². The third-order valence-electron chi connectivity index (χ3n) is 3.60. The summed E-state index contributed by atoms with van der Waals surface area (Å²) in [4.78, 5) is 3.44. The van der Waals surface area contributed by atoms with Crippen LogP contribution in [0.4, 0.5) is 4.39 Å². The quantitative estimate of drug-likeness (QED) is 0.846. The molecule has 122 valence electrons. The fraction of sp³-hybridized carbons (Fsp3) is 0.333. The summed E-state index contributed by atoms with van der Waals surface area (Å²) < 4.78 is 14.3. The monoisotopic (exact) mass is 382 g/mol. The number of halogens is 4. The van der Waals surface area contributed by atoms with Gasteiger partial charge in [-0.1, -0.05) is 23.7 Å². The predicted molar refractivity (Wildman–Crippen MR) is 96.5 cm³/mol. The number of benzene rings is 1. The average Bonchev–Trinajstić information content (AvgIpc) is 2.98. The van der Waals surface area contributed by atoms with E-state index < -0.39 is 0 Å². The molecule has 0 amide bonds. The Labute approximate surface area is 151 Å². The average molecular weight is 384 g/mol. The van der Waals surface area contributed by atoms with Gasteiger partial charge in [0.05, 0.1) is 6.04 Å². The highest BCUT2D eigenvalue weighted by Gasteiger charge is 2.28. The van der Waals surface area contributed by atoms with Gasteiger partial charge in [-0.25, -0.2) is 4.39 Å². The van der Waals surface area contributed by atoms with E-state index in [4.69, 9.17) is 11.6 Å². The molecule has 0 radical (unpaired) electrons. The summed E-state index contributed by atoms with van der Waals surface area (Å²) in [5.74, 6) is -0.227. The Kier molecular flexibility index (Phi) is 8.11. The van der Waals surface area contributed by atoms with E-state index in [9.17, 15) is 4.39 Å². The van der Waals surface area contributed by atoms with Gasteiger partial charge in [-0.3, -0.25) is 4.90 Å². The molecule has 1 atom stereocenters. The molecular weight excluding hydrogens is 366 g/mol. The minimum Gasteiger partial charge on any atom is -0.314 e. The minimum atomic E-state index is -0.227. The summed E-state index contributed by atoms with van der Waals surface area (Å²) >= 11 is 7.93. The molecule has 2 aromatic rings. The number of rotatable bonds is 3. The van der Waals surface area contributed by atoms with Crippen LogP contribution in [0.5, 0.6) is 0 Å². The SMILES string of the molecule is Cl.Cl.Fc1cccc(Cl)c1[C@@H](c1cccs1)N1CCNCC1. The van der Waals surface area contributed by atoms with Crippen LogP contribution in [0.3, 0.4) is 0 Å². The smallest absolute Gasteiger partial charge is 0.129 e. The highest BCUT2D eigenvalue weighted by molar-refractivity contribution is 7.10. The number of hydrogen-bond acceptors (Lipinski definition) is 3. The number of hydrogen-bond donors (Lipinski definition) is 1. The Morgan fingerprint density at radius 2 is 1.86 bits per heavy atom. The van der Waals surface area contributed by atoms with Crippen LogP contribution in [0, 0.1) is 5.82 Å². The standard InChI is InChI=1S/C15H16ClFN2S.2ClH/c16-11-3-1-4-12(17)14(11)15(13-5-2-10-20-13)19-8-6-18-7-9-19;;/h1-5,10,15,18H,6-9H2;2*1H/t15-;;/m1../s1. The van der Waals surface area contributed by atoms with Crippen LogP contribution in [0.1, 0.15) is 16.5 Å². The van der Waals surface area contributed by atoms with Crippen LogP contribution in [-0.2, 0) is 0 Å². The van der Waals surface area contributed by atoms with Gasteiger partial charge in [0.2, 0.25) is 0 Å². The maximum absolute atomic E-state index is 14.3. The zero-order valence-corrected chi connectivity index (χ0v) is 15.0. The molecular formula is C15H18Cl3FN2S. The highest BCUT2D eigenvalue weighted by Crippen LogP contribution is 2.37. The number of thiophene rings is 1. The first-order chi connectivity index (χ1) is 9.77. The Hall–Kier alpha value is -0.360. The lowest BCUT2D eigenvalue weighted by atomic mass is 10.0. The lowest BCUT2D eigenvalue weighted by Gasteiger charge is -2.35. The van der Waals surface area contributed by atoms with Gasteiger partial charge in [0.1, 0.15) is 5.82 Å². The molecule has 1 aliphatic heterocycles. The van der Waals surface area contributed by atoms with Crippen molar-refractivity contribution < 1.29 is 4.39 Å². The lowest BCUT2D eigenvalue weighted by Crippen LogP contribution is -2.45.